The first kappa shape index (κ1) is 14.8. The molecular weight excluding hydrogens is 265 g/mol. The number of carbonyl (C=O) groups is 1. The SMILES string of the molecule is CC(C)(C)C(NC(=O)Nc1cccs1)C(F)(F)F. The van der Waals surface area contributed by atoms with Crippen LogP contribution < -0.4 is 10.6 Å². The van der Waals surface area contributed by atoms with Crippen LogP contribution in [0.2, 0.25) is 0 Å². The van der Waals surface area contributed by atoms with E-state index in [1.807, 2.05) is 5.32 Å². The molecule has 0 aliphatic heterocycles. The summed E-state index contributed by atoms with van der Waals surface area (Å²) in [6.45, 7) is 4.28. The molecule has 0 bridgehead atoms. The van der Waals surface area contributed by atoms with E-state index in [2.05, 4.69) is 5.32 Å². The third kappa shape index (κ3) is 4.21. The Labute approximate surface area is 107 Å². The smallest absolute Gasteiger partial charge is 0.325 e. The van der Waals surface area contributed by atoms with Gasteiger partial charge >= 0.3 is 12.2 Å². The molecule has 1 aromatic rings. The molecule has 0 saturated carbocycles. The first-order valence-corrected chi connectivity index (χ1v) is 6.16. The number of halogens is 3. The van der Waals surface area contributed by atoms with E-state index in [0.29, 0.717) is 5.00 Å². The van der Waals surface area contributed by atoms with Gasteiger partial charge in [0.25, 0.3) is 0 Å². The summed E-state index contributed by atoms with van der Waals surface area (Å²) in [4.78, 5) is 11.5. The van der Waals surface area contributed by atoms with Crippen molar-refractivity contribution < 1.29 is 18.0 Å². The van der Waals surface area contributed by atoms with Crippen LogP contribution >= 0.6 is 11.3 Å². The number of thiophene rings is 1. The van der Waals surface area contributed by atoms with Crippen LogP contribution in [0, 0.1) is 5.41 Å². The molecule has 0 aromatic carbocycles. The van der Waals surface area contributed by atoms with E-state index >= 15 is 0 Å². The Bertz CT molecular complexity index is 381. The lowest BCUT2D eigenvalue weighted by Crippen LogP contribution is -2.54. The third-order valence-electron chi connectivity index (χ3n) is 2.23. The fraction of sp³-hybridized carbons (Fsp3) is 0.545. The lowest BCUT2D eigenvalue weighted by Gasteiger charge is -2.32. The summed E-state index contributed by atoms with van der Waals surface area (Å²) >= 11 is 1.24. The van der Waals surface area contributed by atoms with Crippen molar-refractivity contribution >= 4 is 22.4 Å². The molecule has 18 heavy (non-hydrogen) atoms. The number of alkyl halides is 3. The van der Waals surface area contributed by atoms with Crippen molar-refractivity contribution in [1.29, 1.82) is 0 Å². The summed E-state index contributed by atoms with van der Waals surface area (Å²) in [5.74, 6) is 0. The highest BCUT2D eigenvalue weighted by Gasteiger charge is 2.47. The molecule has 1 unspecified atom stereocenters. The van der Waals surface area contributed by atoms with E-state index < -0.39 is 23.7 Å². The molecule has 1 aromatic heterocycles. The van der Waals surface area contributed by atoms with Gasteiger partial charge in [-0.05, 0) is 22.9 Å². The number of urea groups is 1. The maximum Gasteiger partial charge on any atom is 0.409 e. The van der Waals surface area contributed by atoms with Crippen molar-refractivity contribution in [2.45, 2.75) is 33.0 Å². The topological polar surface area (TPSA) is 41.1 Å². The molecule has 0 spiro atoms. The molecule has 0 aliphatic carbocycles. The third-order valence-corrected chi connectivity index (χ3v) is 3.01. The van der Waals surface area contributed by atoms with E-state index in [0.717, 1.165) is 0 Å². The zero-order valence-electron chi connectivity index (χ0n) is 10.3. The van der Waals surface area contributed by atoms with Crippen LogP contribution in [0.15, 0.2) is 17.5 Å². The average molecular weight is 280 g/mol. The summed E-state index contributed by atoms with van der Waals surface area (Å²) in [5, 5.41) is 6.56. The van der Waals surface area contributed by atoms with E-state index in [1.54, 1.807) is 17.5 Å². The van der Waals surface area contributed by atoms with Gasteiger partial charge in [0.2, 0.25) is 0 Å². The van der Waals surface area contributed by atoms with Gasteiger partial charge < -0.3 is 5.32 Å². The highest BCUT2D eigenvalue weighted by molar-refractivity contribution is 7.14. The first-order chi connectivity index (χ1) is 8.10. The van der Waals surface area contributed by atoms with E-state index in [-0.39, 0.29) is 0 Å². The normalized spacial score (nSPS) is 14.1. The van der Waals surface area contributed by atoms with Gasteiger partial charge in [0.1, 0.15) is 6.04 Å². The molecule has 3 nitrogen and oxygen atoms in total. The Kier molecular flexibility index (Phi) is 4.26. The monoisotopic (exact) mass is 280 g/mol. The summed E-state index contributed by atoms with van der Waals surface area (Å²) in [6, 6.07) is 0.564. The van der Waals surface area contributed by atoms with Gasteiger partial charge in [0.15, 0.2) is 0 Å². The van der Waals surface area contributed by atoms with Gasteiger partial charge in [-0.1, -0.05) is 20.8 Å². The standard InChI is InChI=1S/C11H15F3N2OS/c1-10(2,3)8(11(12,13)14)16-9(17)15-7-5-4-6-18-7/h4-6,8H,1-3H3,(H2,15,16,17). The summed E-state index contributed by atoms with van der Waals surface area (Å²) < 4.78 is 38.4. The minimum atomic E-state index is -4.48. The molecule has 7 heteroatoms. The van der Waals surface area contributed by atoms with Crippen LogP contribution in [0.5, 0.6) is 0 Å². The number of hydrogen-bond donors (Lipinski definition) is 2. The number of anilines is 1. The lowest BCUT2D eigenvalue weighted by atomic mass is 9.86. The Balaban J connectivity index is 2.70. The van der Waals surface area contributed by atoms with E-state index in [1.165, 1.54) is 32.1 Å². The molecule has 102 valence electrons. The molecule has 0 aliphatic rings. The van der Waals surface area contributed by atoms with Gasteiger partial charge in [-0.3, -0.25) is 5.32 Å². The maximum atomic E-state index is 12.8. The summed E-state index contributed by atoms with van der Waals surface area (Å²) in [7, 11) is 0. The second kappa shape index (κ2) is 5.17. The van der Waals surface area contributed by atoms with Crippen molar-refractivity contribution in [1.82, 2.24) is 5.32 Å². The van der Waals surface area contributed by atoms with Gasteiger partial charge in [-0.15, -0.1) is 11.3 Å². The fourth-order valence-corrected chi connectivity index (χ4v) is 2.03. The second-order valence-electron chi connectivity index (χ2n) is 4.92. The van der Waals surface area contributed by atoms with Crippen LogP contribution in [0.4, 0.5) is 23.0 Å². The number of nitrogens with one attached hydrogen (secondary N) is 2. The number of amides is 2. The van der Waals surface area contributed by atoms with Crippen molar-refractivity contribution in [3.05, 3.63) is 17.5 Å². The number of rotatable bonds is 2. The molecule has 2 amide bonds. The highest BCUT2D eigenvalue weighted by atomic mass is 32.1. The fourth-order valence-electron chi connectivity index (χ4n) is 1.42. The Hall–Kier alpha value is -1.24. The molecular formula is C11H15F3N2OS. The van der Waals surface area contributed by atoms with Gasteiger partial charge in [-0.2, -0.15) is 13.2 Å². The maximum absolute atomic E-state index is 12.8. The molecule has 1 atom stereocenters. The zero-order chi connectivity index (χ0) is 14.0. The summed E-state index contributed by atoms with van der Waals surface area (Å²) in [6.07, 6.45) is -4.48. The van der Waals surface area contributed by atoms with Crippen molar-refractivity contribution in [3.8, 4) is 0 Å². The minimum Gasteiger partial charge on any atom is -0.325 e. The van der Waals surface area contributed by atoms with Crippen LogP contribution in [0.3, 0.4) is 0 Å². The predicted octanol–water partition coefficient (Wildman–Crippen LogP) is 3.85. The summed E-state index contributed by atoms with van der Waals surface area (Å²) in [5.41, 5.74) is -1.11. The Morgan fingerprint density at radius 2 is 1.94 bits per heavy atom. The second-order valence-corrected chi connectivity index (χ2v) is 5.86. The molecule has 0 fully saturated rings. The van der Waals surface area contributed by atoms with Gasteiger partial charge in [0.05, 0.1) is 5.00 Å². The largest absolute Gasteiger partial charge is 0.409 e. The zero-order valence-corrected chi connectivity index (χ0v) is 11.1. The highest BCUT2D eigenvalue weighted by Crippen LogP contribution is 2.33. The van der Waals surface area contributed by atoms with E-state index in [9.17, 15) is 18.0 Å². The average Bonchev–Trinajstić information content (AvgIpc) is 2.63. The minimum absolute atomic E-state index is 0.502. The molecule has 1 rings (SSSR count). The van der Waals surface area contributed by atoms with Crippen molar-refractivity contribution in [3.63, 3.8) is 0 Å². The lowest BCUT2D eigenvalue weighted by molar-refractivity contribution is -0.174. The molecule has 0 radical (unpaired) electrons. The Morgan fingerprint density at radius 3 is 2.33 bits per heavy atom. The van der Waals surface area contributed by atoms with Crippen molar-refractivity contribution in [2.24, 2.45) is 5.41 Å². The van der Waals surface area contributed by atoms with Gasteiger partial charge in [-0.25, -0.2) is 4.79 Å². The van der Waals surface area contributed by atoms with Crippen LogP contribution in [-0.4, -0.2) is 18.2 Å². The molecule has 1 heterocycles. The molecule has 0 saturated heterocycles. The quantitative estimate of drug-likeness (QED) is 0.849. The number of carbonyl (C=O) groups excluding carboxylic acids is 1. The van der Waals surface area contributed by atoms with Crippen molar-refractivity contribution in [2.75, 3.05) is 5.32 Å². The Morgan fingerprint density at radius 1 is 1.33 bits per heavy atom. The van der Waals surface area contributed by atoms with Gasteiger partial charge in [0, 0.05) is 0 Å². The predicted molar refractivity (Wildman–Crippen MR) is 65.8 cm³/mol. The molecule has 2 N–H and O–H groups in total. The van der Waals surface area contributed by atoms with Crippen LogP contribution in [0.1, 0.15) is 20.8 Å². The van der Waals surface area contributed by atoms with E-state index in [4.69, 9.17) is 0 Å². The first-order valence-electron chi connectivity index (χ1n) is 5.28. The number of hydrogen-bond acceptors (Lipinski definition) is 2. The van der Waals surface area contributed by atoms with Crippen LogP contribution in [-0.2, 0) is 0 Å². The van der Waals surface area contributed by atoms with Crippen LogP contribution in [0.25, 0.3) is 0 Å².